The third-order valence-electron chi connectivity index (χ3n) is 4.89. The van der Waals surface area contributed by atoms with Crippen molar-refractivity contribution < 1.29 is 9.18 Å². The third kappa shape index (κ3) is 5.70. The van der Waals surface area contributed by atoms with Gasteiger partial charge in [0.2, 0.25) is 0 Å². The normalized spacial score (nSPS) is 11.3. The molecule has 0 radical (unpaired) electrons. The molecule has 1 N–H and O–H groups in total. The van der Waals surface area contributed by atoms with Gasteiger partial charge in [0.25, 0.3) is 0 Å². The van der Waals surface area contributed by atoms with Crippen LogP contribution in [0.4, 0.5) is 10.2 Å². The van der Waals surface area contributed by atoms with Crippen LogP contribution in [0, 0.1) is 5.82 Å². The van der Waals surface area contributed by atoms with E-state index >= 15 is 0 Å². The standard InChI is InChI=1S/C24H26FN3O/c1-3-18-9-11-21(28-24(18)26-2)6-4-5-7-22(29)12-8-17-14-19-15-20(25)10-13-23(19)27-16-17/h8-16H,3-7H2,1-2H3,(H,26,28). The van der Waals surface area contributed by atoms with E-state index in [-0.39, 0.29) is 11.6 Å². The number of carbonyl (C=O) groups is 1. The number of halogens is 1. The zero-order chi connectivity index (χ0) is 20.6. The first-order valence-electron chi connectivity index (χ1n) is 10.0. The average molecular weight is 391 g/mol. The molecule has 1 aromatic carbocycles. The second-order valence-corrected chi connectivity index (χ2v) is 7.03. The number of rotatable bonds is 9. The van der Waals surface area contributed by atoms with Crippen LogP contribution in [0.5, 0.6) is 0 Å². The summed E-state index contributed by atoms with van der Waals surface area (Å²) in [6, 6.07) is 10.5. The number of aryl methyl sites for hydroxylation is 2. The summed E-state index contributed by atoms with van der Waals surface area (Å²) < 4.78 is 13.4. The highest BCUT2D eigenvalue weighted by Crippen LogP contribution is 2.17. The molecule has 0 saturated heterocycles. The first-order valence-corrected chi connectivity index (χ1v) is 10.0. The molecular weight excluding hydrogens is 365 g/mol. The van der Waals surface area contributed by atoms with E-state index in [1.165, 1.54) is 17.7 Å². The van der Waals surface area contributed by atoms with E-state index in [4.69, 9.17) is 0 Å². The maximum atomic E-state index is 13.4. The first kappa shape index (κ1) is 20.6. The number of allylic oxidation sites excluding steroid dienone is 1. The van der Waals surface area contributed by atoms with Crippen molar-refractivity contribution in [2.24, 2.45) is 0 Å². The molecule has 29 heavy (non-hydrogen) atoms. The third-order valence-corrected chi connectivity index (χ3v) is 4.89. The Bertz CT molecular complexity index is 1030. The summed E-state index contributed by atoms with van der Waals surface area (Å²) in [4.78, 5) is 21.1. The molecule has 0 saturated carbocycles. The molecule has 0 spiro atoms. The number of hydrogen-bond acceptors (Lipinski definition) is 4. The number of unbranched alkanes of at least 4 members (excludes halogenated alkanes) is 1. The fourth-order valence-electron chi connectivity index (χ4n) is 3.26. The number of nitrogens with one attached hydrogen (secondary N) is 1. The number of pyridine rings is 2. The van der Waals surface area contributed by atoms with Crippen molar-refractivity contribution in [2.75, 3.05) is 12.4 Å². The minimum absolute atomic E-state index is 0.0783. The van der Waals surface area contributed by atoms with Crippen LogP contribution in [0.15, 0.2) is 48.7 Å². The summed E-state index contributed by atoms with van der Waals surface area (Å²) in [6.07, 6.45) is 9.04. The van der Waals surface area contributed by atoms with Gasteiger partial charge in [0.15, 0.2) is 5.78 Å². The summed E-state index contributed by atoms with van der Waals surface area (Å²) in [5, 5.41) is 3.87. The van der Waals surface area contributed by atoms with Gasteiger partial charge in [0, 0.05) is 30.7 Å². The van der Waals surface area contributed by atoms with Crippen LogP contribution >= 0.6 is 0 Å². The van der Waals surface area contributed by atoms with Gasteiger partial charge in [-0.25, -0.2) is 9.37 Å². The molecule has 0 atom stereocenters. The fraction of sp³-hybridized carbons (Fsp3) is 0.292. The van der Waals surface area contributed by atoms with E-state index in [1.807, 2.05) is 13.1 Å². The van der Waals surface area contributed by atoms with Gasteiger partial charge < -0.3 is 5.32 Å². The Morgan fingerprint density at radius 3 is 2.83 bits per heavy atom. The van der Waals surface area contributed by atoms with Crippen LogP contribution in [0.2, 0.25) is 0 Å². The van der Waals surface area contributed by atoms with E-state index in [0.29, 0.717) is 6.42 Å². The van der Waals surface area contributed by atoms with Gasteiger partial charge >= 0.3 is 0 Å². The highest BCUT2D eigenvalue weighted by Gasteiger charge is 2.04. The minimum Gasteiger partial charge on any atom is -0.373 e. The van der Waals surface area contributed by atoms with Crippen LogP contribution in [-0.2, 0) is 17.6 Å². The Balaban J connectivity index is 1.48. The molecule has 0 bridgehead atoms. The molecule has 2 heterocycles. The lowest BCUT2D eigenvalue weighted by molar-refractivity contribution is -0.114. The number of hydrogen-bond donors (Lipinski definition) is 1. The minimum atomic E-state index is -0.294. The topological polar surface area (TPSA) is 54.9 Å². The highest BCUT2D eigenvalue weighted by molar-refractivity contribution is 5.94. The second-order valence-electron chi connectivity index (χ2n) is 7.03. The van der Waals surface area contributed by atoms with Crippen LogP contribution in [0.25, 0.3) is 17.0 Å². The quantitative estimate of drug-likeness (QED) is 0.394. The van der Waals surface area contributed by atoms with Gasteiger partial charge in [-0.05, 0) is 79.3 Å². The largest absolute Gasteiger partial charge is 0.373 e. The molecule has 0 aliphatic carbocycles. The monoisotopic (exact) mass is 391 g/mol. The predicted molar refractivity (Wildman–Crippen MR) is 116 cm³/mol. The van der Waals surface area contributed by atoms with E-state index < -0.39 is 0 Å². The van der Waals surface area contributed by atoms with Crippen molar-refractivity contribution >= 4 is 28.6 Å². The van der Waals surface area contributed by atoms with E-state index in [2.05, 4.69) is 34.3 Å². The average Bonchev–Trinajstić information content (AvgIpc) is 2.74. The molecule has 0 amide bonds. The summed E-state index contributed by atoms with van der Waals surface area (Å²) in [6.45, 7) is 2.11. The Morgan fingerprint density at radius 2 is 2.03 bits per heavy atom. The molecule has 5 heteroatoms. The zero-order valence-corrected chi connectivity index (χ0v) is 16.9. The Hall–Kier alpha value is -3.08. The lowest BCUT2D eigenvalue weighted by Crippen LogP contribution is -2.01. The highest BCUT2D eigenvalue weighted by atomic mass is 19.1. The van der Waals surface area contributed by atoms with Crippen molar-refractivity contribution in [1.29, 1.82) is 0 Å². The molecule has 0 aliphatic rings. The Kier molecular flexibility index (Phi) is 7.06. The van der Waals surface area contributed by atoms with Crippen LogP contribution in [0.1, 0.15) is 43.0 Å². The number of fused-ring (bicyclic) bond motifs is 1. The zero-order valence-electron chi connectivity index (χ0n) is 16.9. The van der Waals surface area contributed by atoms with Crippen LogP contribution in [-0.4, -0.2) is 22.8 Å². The smallest absolute Gasteiger partial charge is 0.155 e. The van der Waals surface area contributed by atoms with Crippen molar-refractivity contribution in [2.45, 2.75) is 39.0 Å². The van der Waals surface area contributed by atoms with E-state index in [0.717, 1.165) is 53.7 Å². The molecule has 3 rings (SSSR count). The number of benzene rings is 1. The molecule has 4 nitrogen and oxygen atoms in total. The maximum Gasteiger partial charge on any atom is 0.155 e. The van der Waals surface area contributed by atoms with Gasteiger partial charge in [0.05, 0.1) is 5.52 Å². The summed E-state index contributed by atoms with van der Waals surface area (Å²) in [5.74, 6) is 0.722. The van der Waals surface area contributed by atoms with Gasteiger partial charge in [-0.2, -0.15) is 0 Å². The number of ketones is 1. The van der Waals surface area contributed by atoms with Gasteiger partial charge in [-0.1, -0.05) is 13.0 Å². The summed E-state index contributed by atoms with van der Waals surface area (Å²) in [7, 11) is 1.89. The van der Waals surface area contributed by atoms with Crippen molar-refractivity contribution in [1.82, 2.24) is 9.97 Å². The second kappa shape index (κ2) is 9.92. The van der Waals surface area contributed by atoms with Crippen molar-refractivity contribution in [3.8, 4) is 0 Å². The molecule has 2 aromatic heterocycles. The number of nitrogens with zero attached hydrogens (tertiary/aromatic N) is 2. The van der Waals surface area contributed by atoms with Crippen LogP contribution < -0.4 is 5.32 Å². The lowest BCUT2D eigenvalue weighted by Gasteiger charge is -2.08. The number of anilines is 1. The van der Waals surface area contributed by atoms with Gasteiger partial charge in [-0.3, -0.25) is 9.78 Å². The van der Waals surface area contributed by atoms with Gasteiger partial charge in [-0.15, -0.1) is 0 Å². The lowest BCUT2D eigenvalue weighted by atomic mass is 10.1. The van der Waals surface area contributed by atoms with E-state index in [1.54, 1.807) is 24.4 Å². The number of aromatic nitrogens is 2. The van der Waals surface area contributed by atoms with Crippen molar-refractivity contribution in [3.05, 3.63) is 71.3 Å². The summed E-state index contributed by atoms with van der Waals surface area (Å²) in [5.41, 5.74) is 3.78. The maximum absolute atomic E-state index is 13.4. The first-order chi connectivity index (χ1) is 14.1. The Labute approximate surface area is 170 Å². The number of carbonyl (C=O) groups excluding carboxylic acids is 1. The summed E-state index contributed by atoms with van der Waals surface area (Å²) >= 11 is 0. The Morgan fingerprint density at radius 1 is 1.17 bits per heavy atom. The molecular formula is C24H26FN3O. The van der Waals surface area contributed by atoms with Gasteiger partial charge in [0.1, 0.15) is 11.6 Å². The van der Waals surface area contributed by atoms with Crippen LogP contribution in [0.3, 0.4) is 0 Å². The van der Waals surface area contributed by atoms with E-state index in [9.17, 15) is 9.18 Å². The molecule has 0 aliphatic heterocycles. The predicted octanol–water partition coefficient (Wildman–Crippen LogP) is 5.37. The van der Waals surface area contributed by atoms with Crippen molar-refractivity contribution in [3.63, 3.8) is 0 Å². The fourth-order valence-corrected chi connectivity index (χ4v) is 3.26. The molecule has 0 unspecified atom stereocenters. The SMILES string of the molecule is CCc1ccc(CCCCC(=O)C=Cc2cnc3ccc(F)cc3c2)nc1NC. The molecule has 0 fully saturated rings. The molecule has 3 aromatic rings. The molecule has 150 valence electrons.